The summed E-state index contributed by atoms with van der Waals surface area (Å²) in [5, 5.41) is 9.69. The van der Waals surface area contributed by atoms with Crippen LogP contribution in [0.3, 0.4) is 0 Å². The third-order valence-corrected chi connectivity index (χ3v) is 2.13. The number of aryl methyl sites for hydroxylation is 1. The largest absolute Gasteiger partial charge is 0.507 e. The summed E-state index contributed by atoms with van der Waals surface area (Å²) in [7, 11) is 1.22. The Bertz CT molecular complexity index is 397. The average molecular weight is 268 g/mol. The van der Waals surface area contributed by atoms with Gasteiger partial charge >= 0.3 is 5.97 Å². The van der Waals surface area contributed by atoms with Gasteiger partial charge in [0.25, 0.3) is 0 Å². The van der Waals surface area contributed by atoms with Gasteiger partial charge in [0.2, 0.25) is 0 Å². The SMILES string of the molecule is CC.CC.CCc1cc(C=O)cc(C(=O)OC)c1O. The quantitative estimate of drug-likeness (QED) is 0.672. The number of hydrogen-bond donors (Lipinski definition) is 1. The number of carbonyl (C=O) groups is 2. The number of rotatable bonds is 3. The van der Waals surface area contributed by atoms with Crippen molar-refractivity contribution in [3.05, 3.63) is 28.8 Å². The smallest absolute Gasteiger partial charge is 0.341 e. The van der Waals surface area contributed by atoms with Crippen molar-refractivity contribution in [2.45, 2.75) is 41.0 Å². The fraction of sp³-hybridized carbons (Fsp3) is 0.467. The van der Waals surface area contributed by atoms with Gasteiger partial charge in [-0.3, -0.25) is 4.79 Å². The zero-order valence-electron chi connectivity index (χ0n) is 12.6. The van der Waals surface area contributed by atoms with Crippen molar-refractivity contribution < 1.29 is 19.4 Å². The Morgan fingerprint density at radius 2 is 1.79 bits per heavy atom. The van der Waals surface area contributed by atoms with Crippen LogP contribution in [-0.4, -0.2) is 24.5 Å². The summed E-state index contributed by atoms with van der Waals surface area (Å²) in [6.45, 7) is 9.82. The van der Waals surface area contributed by atoms with Crippen molar-refractivity contribution in [3.8, 4) is 5.75 Å². The summed E-state index contributed by atoms with van der Waals surface area (Å²) >= 11 is 0. The second-order valence-corrected chi connectivity index (χ2v) is 3.04. The van der Waals surface area contributed by atoms with Gasteiger partial charge in [0, 0.05) is 5.56 Å². The number of ether oxygens (including phenoxy) is 1. The fourth-order valence-electron chi connectivity index (χ4n) is 1.32. The molecule has 0 fully saturated rings. The van der Waals surface area contributed by atoms with Crippen molar-refractivity contribution >= 4 is 12.3 Å². The molecule has 0 spiro atoms. The number of phenols is 1. The van der Waals surface area contributed by atoms with Gasteiger partial charge in [-0.15, -0.1) is 0 Å². The van der Waals surface area contributed by atoms with Crippen LogP contribution in [0.1, 0.15) is 60.9 Å². The van der Waals surface area contributed by atoms with E-state index in [1.54, 1.807) is 6.07 Å². The molecule has 0 amide bonds. The van der Waals surface area contributed by atoms with Crippen molar-refractivity contribution in [2.24, 2.45) is 0 Å². The minimum absolute atomic E-state index is 0.0268. The van der Waals surface area contributed by atoms with E-state index in [1.807, 2.05) is 34.6 Å². The van der Waals surface area contributed by atoms with Crippen molar-refractivity contribution in [1.82, 2.24) is 0 Å². The molecule has 4 heteroatoms. The van der Waals surface area contributed by atoms with Crippen LogP contribution in [0.4, 0.5) is 0 Å². The highest BCUT2D eigenvalue weighted by molar-refractivity contribution is 5.95. The third kappa shape index (κ3) is 5.55. The molecule has 0 heterocycles. The highest BCUT2D eigenvalue weighted by Crippen LogP contribution is 2.25. The van der Waals surface area contributed by atoms with Gasteiger partial charge in [-0.2, -0.15) is 0 Å². The van der Waals surface area contributed by atoms with E-state index in [0.717, 1.165) is 0 Å². The van der Waals surface area contributed by atoms with E-state index in [1.165, 1.54) is 13.2 Å². The number of benzene rings is 1. The van der Waals surface area contributed by atoms with Crippen molar-refractivity contribution in [1.29, 1.82) is 0 Å². The maximum Gasteiger partial charge on any atom is 0.341 e. The van der Waals surface area contributed by atoms with Crippen LogP contribution in [0.15, 0.2) is 12.1 Å². The Hall–Kier alpha value is -1.84. The highest BCUT2D eigenvalue weighted by atomic mass is 16.5. The second kappa shape index (κ2) is 11.3. The van der Waals surface area contributed by atoms with Crippen LogP contribution >= 0.6 is 0 Å². The summed E-state index contributed by atoms with van der Waals surface area (Å²) in [5.41, 5.74) is 0.934. The molecule has 0 unspecified atom stereocenters. The summed E-state index contributed by atoms with van der Waals surface area (Å²) in [6.07, 6.45) is 1.17. The molecule has 0 atom stereocenters. The first-order valence-electron chi connectivity index (χ1n) is 6.53. The van der Waals surface area contributed by atoms with Crippen LogP contribution in [0.5, 0.6) is 5.75 Å². The number of aldehydes is 1. The van der Waals surface area contributed by atoms with Crippen LogP contribution in [0, 0.1) is 0 Å². The van der Waals surface area contributed by atoms with Crippen LogP contribution in [0.2, 0.25) is 0 Å². The zero-order chi connectivity index (χ0) is 15.4. The molecule has 0 aliphatic rings. The molecule has 4 nitrogen and oxygen atoms in total. The van der Waals surface area contributed by atoms with Gasteiger partial charge in [-0.1, -0.05) is 34.6 Å². The molecule has 1 aromatic rings. The minimum Gasteiger partial charge on any atom is -0.507 e. The predicted octanol–water partition coefficient (Wildman–Crippen LogP) is 3.61. The molecule has 0 bridgehead atoms. The number of hydrogen-bond acceptors (Lipinski definition) is 4. The van der Waals surface area contributed by atoms with Crippen LogP contribution in [-0.2, 0) is 11.2 Å². The van der Waals surface area contributed by atoms with Gasteiger partial charge in [-0.25, -0.2) is 4.79 Å². The van der Waals surface area contributed by atoms with E-state index in [0.29, 0.717) is 23.8 Å². The molecule has 1 rings (SSSR count). The average Bonchev–Trinajstić information content (AvgIpc) is 2.50. The van der Waals surface area contributed by atoms with E-state index in [2.05, 4.69) is 4.74 Å². The standard InChI is InChI=1S/C11H12O4.2C2H6/c1-3-8-4-7(6-12)5-9(10(8)13)11(14)15-2;2*1-2/h4-6,13H,3H2,1-2H3;2*1-2H3. The Kier molecular flexibility index (Phi) is 11.6. The lowest BCUT2D eigenvalue weighted by Crippen LogP contribution is -2.04. The summed E-state index contributed by atoms with van der Waals surface area (Å²) in [4.78, 5) is 21.9. The number of esters is 1. The van der Waals surface area contributed by atoms with Crippen molar-refractivity contribution in [3.63, 3.8) is 0 Å². The van der Waals surface area contributed by atoms with Crippen LogP contribution in [0.25, 0.3) is 0 Å². The summed E-state index contributed by atoms with van der Waals surface area (Å²) in [6, 6.07) is 2.86. The zero-order valence-corrected chi connectivity index (χ0v) is 12.6. The molecular formula is C15H24O4. The lowest BCUT2D eigenvalue weighted by atomic mass is 10.0. The molecule has 1 N–H and O–H groups in total. The molecule has 108 valence electrons. The lowest BCUT2D eigenvalue weighted by Gasteiger charge is -2.07. The molecule has 0 saturated heterocycles. The molecule has 0 aliphatic heterocycles. The van der Waals surface area contributed by atoms with Gasteiger partial charge in [0.15, 0.2) is 0 Å². The Morgan fingerprint density at radius 3 is 2.16 bits per heavy atom. The topological polar surface area (TPSA) is 63.6 Å². The molecule has 0 radical (unpaired) electrons. The Labute approximate surface area is 115 Å². The first-order valence-corrected chi connectivity index (χ1v) is 6.53. The van der Waals surface area contributed by atoms with E-state index >= 15 is 0 Å². The number of methoxy groups -OCH3 is 1. The van der Waals surface area contributed by atoms with E-state index < -0.39 is 5.97 Å². The van der Waals surface area contributed by atoms with E-state index in [-0.39, 0.29) is 11.3 Å². The normalized spacial score (nSPS) is 8.32. The van der Waals surface area contributed by atoms with Crippen molar-refractivity contribution in [2.75, 3.05) is 7.11 Å². The first kappa shape index (κ1) is 19.5. The molecule has 0 aromatic heterocycles. The monoisotopic (exact) mass is 268 g/mol. The van der Waals surface area contributed by atoms with Gasteiger partial charge in [-0.05, 0) is 24.1 Å². The Morgan fingerprint density at radius 1 is 1.26 bits per heavy atom. The third-order valence-electron chi connectivity index (χ3n) is 2.13. The van der Waals surface area contributed by atoms with E-state index in [4.69, 9.17) is 0 Å². The number of carbonyl (C=O) groups excluding carboxylic acids is 2. The molecule has 0 saturated carbocycles. The van der Waals surface area contributed by atoms with Crippen LogP contribution < -0.4 is 0 Å². The number of aromatic hydroxyl groups is 1. The van der Waals surface area contributed by atoms with Gasteiger partial charge in [0.05, 0.1) is 7.11 Å². The summed E-state index contributed by atoms with van der Waals surface area (Å²) < 4.78 is 4.50. The van der Waals surface area contributed by atoms with Gasteiger partial charge < -0.3 is 9.84 Å². The summed E-state index contributed by atoms with van der Waals surface area (Å²) in [5.74, 6) is -0.763. The number of phenolic OH excluding ortho intramolecular Hbond substituents is 1. The lowest BCUT2D eigenvalue weighted by molar-refractivity contribution is 0.0597. The molecule has 1 aromatic carbocycles. The van der Waals surface area contributed by atoms with Gasteiger partial charge in [0.1, 0.15) is 17.6 Å². The minimum atomic E-state index is -0.647. The molecule has 0 aliphatic carbocycles. The Balaban J connectivity index is 0. The maximum atomic E-state index is 11.3. The maximum absolute atomic E-state index is 11.3. The highest BCUT2D eigenvalue weighted by Gasteiger charge is 2.15. The second-order valence-electron chi connectivity index (χ2n) is 3.04. The van der Waals surface area contributed by atoms with E-state index in [9.17, 15) is 14.7 Å². The first-order chi connectivity index (χ1) is 9.13. The predicted molar refractivity (Wildman–Crippen MR) is 76.9 cm³/mol. The fourth-order valence-corrected chi connectivity index (χ4v) is 1.32. The molecule has 19 heavy (non-hydrogen) atoms. The molecular weight excluding hydrogens is 244 g/mol.